The van der Waals surface area contributed by atoms with Crippen LogP contribution in [0.2, 0.25) is 0 Å². The number of pyridine rings is 1. The summed E-state index contributed by atoms with van der Waals surface area (Å²) in [5, 5.41) is 3.39. The average Bonchev–Trinajstić information content (AvgIpc) is 2.90. The lowest BCUT2D eigenvalue weighted by molar-refractivity contribution is -0.124. The van der Waals surface area contributed by atoms with Crippen LogP contribution >= 0.6 is 23.2 Å². The summed E-state index contributed by atoms with van der Waals surface area (Å²) in [5.41, 5.74) is 1.72. The number of nitrogens with one attached hydrogen (secondary N) is 1. The predicted molar refractivity (Wildman–Crippen MR) is 103 cm³/mol. The van der Waals surface area contributed by atoms with Crippen LogP contribution < -0.4 is 10.2 Å². The van der Waals surface area contributed by atoms with E-state index in [0.717, 1.165) is 11.1 Å². The molecule has 138 valence electrons. The van der Waals surface area contributed by atoms with Gasteiger partial charge in [0.05, 0.1) is 11.9 Å². The van der Waals surface area contributed by atoms with Crippen molar-refractivity contribution >= 4 is 41.0 Å². The fourth-order valence-corrected chi connectivity index (χ4v) is 3.63. The molecule has 3 amide bonds. The highest BCUT2D eigenvalue weighted by molar-refractivity contribution is 6.31. The molecule has 3 rings (SSSR count). The first-order chi connectivity index (χ1) is 12.4. The van der Waals surface area contributed by atoms with Crippen molar-refractivity contribution in [3.63, 3.8) is 0 Å². The summed E-state index contributed by atoms with van der Waals surface area (Å²) in [6.45, 7) is 2.45. The molecular formula is C18H20Cl2N4O2. The Bertz CT molecular complexity index is 793. The molecule has 0 radical (unpaired) electrons. The number of alkyl halides is 1. The highest BCUT2D eigenvalue weighted by Gasteiger charge is 2.40. The molecule has 0 spiro atoms. The van der Waals surface area contributed by atoms with E-state index in [1.807, 2.05) is 31.2 Å². The number of hydrogen-bond donors (Lipinski definition) is 1. The van der Waals surface area contributed by atoms with Gasteiger partial charge in [0.25, 0.3) is 0 Å². The van der Waals surface area contributed by atoms with Gasteiger partial charge >= 0.3 is 6.03 Å². The van der Waals surface area contributed by atoms with Crippen molar-refractivity contribution in [1.29, 1.82) is 0 Å². The van der Waals surface area contributed by atoms with Crippen LogP contribution in [-0.4, -0.2) is 53.4 Å². The second kappa shape index (κ2) is 7.68. The van der Waals surface area contributed by atoms with Crippen molar-refractivity contribution in [1.82, 2.24) is 15.2 Å². The van der Waals surface area contributed by atoms with E-state index in [-0.39, 0.29) is 23.9 Å². The van der Waals surface area contributed by atoms with Crippen LogP contribution in [0, 0.1) is 6.92 Å². The molecule has 1 aromatic heterocycles. The third-order valence-electron chi connectivity index (χ3n) is 4.58. The van der Waals surface area contributed by atoms with Gasteiger partial charge in [-0.15, -0.1) is 11.6 Å². The number of nitrogens with zero attached hydrogens (tertiary/aromatic N) is 3. The van der Waals surface area contributed by atoms with Crippen molar-refractivity contribution in [3.8, 4) is 0 Å². The van der Waals surface area contributed by atoms with E-state index in [1.165, 1.54) is 9.80 Å². The zero-order valence-corrected chi connectivity index (χ0v) is 16.1. The van der Waals surface area contributed by atoms with Gasteiger partial charge in [-0.05, 0) is 24.1 Å². The van der Waals surface area contributed by atoms with Gasteiger partial charge in [-0.1, -0.05) is 29.8 Å². The minimum Gasteiger partial charge on any atom is -0.350 e. The summed E-state index contributed by atoms with van der Waals surface area (Å²) in [7, 11) is 1.62. The number of rotatable bonds is 4. The summed E-state index contributed by atoms with van der Waals surface area (Å²) in [4.78, 5) is 32.4. The summed E-state index contributed by atoms with van der Waals surface area (Å²) < 4.78 is 0. The standard InChI is InChI=1S/C18H20Cl2N4O2/c1-11-4-3-7-21-16(11)24-10-15(23(2)18(24)26)17(25)22-9-12-5-6-13(19)8-14(12)20/h3-7,13,15H,8-10H2,1-2H3,(H,22,25). The monoisotopic (exact) mass is 394 g/mol. The SMILES string of the molecule is Cc1cccnc1N1CC(C(=O)NCC2=C(Cl)CC(Cl)C=C2)N(C)C1=O. The Morgan fingerprint density at radius 1 is 1.46 bits per heavy atom. The van der Waals surface area contributed by atoms with E-state index >= 15 is 0 Å². The highest BCUT2D eigenvalue weighted by atomic mass is 35.5. The zero-order valence-electron chi connectivity index (χ0n) is 14.6. The van der Waals surface area contributed by atoms with Crippen LogP contribution in [-0.2, 0) is 4.79 Å². The number of likely N-dealkylation sites (N-methyl/N-ethyl adjacent to an activating group) is 1. The maximum Gasteiger partial charge on any atom is 0.326 e. The normalized spacial score (nSPS) is 23.0. The molecule has 0 bridgehead atoms. The fourth-order valence-electron chi connectivity index (χ4n) is 3.03. The average molecular weight is 395 g/mol. The van der Waals surface area contributed by atoms with E-state index in [0.29, 0.717) is 23.8 Å². The molecule has 8 heteroatoms. The van der Waals surface area contributed by atoms with E-state index in [1.54, 1.807) is 13.2 Å². The van der Waals surface area contributed by atoms with Gasteiger partial charge in [0.2, 0.25) is 5.91 Å². The third kappa shape index (κ3) is 3.71. The number of anilines is 1. The lowest BCUT2D eigenvalue weighted by Crippen LogP contribution is -2.44. The Kier molecular flexibility index (Phi) is 5.53. The molecule has 26 heavy (non-hydrogen) atoms. The van der Waals surface area contributed by atoms with Gasteiger partial charge in [-0.2, -0.15) is 0 Å². The quantitative estimate of drug-likeness (QED) is 0.798. The van der Waals surface area contributed by atoms with E-state index in [4.69, 9.17) is 23.2 Å². The van der Waals surface area contributed by atoms with Gasteiger partial charge in [0.15, 0.2) is 0 Å². The predicted octanol–water partition coefficient (Wildman–Crippen LogP) is 2.81. The molecule has 6 nitrogen and oxygen atoms in total. The van der Waals surface area contributed by atoms with Gasteiger partial charge in [0, 0.05) is 31.2 Å². The van der Waals surface area contributed by atoms with Crippen LogP contribution in [0.25, 0.3) is 0 Å². The first kappa shape index (κ1) is 18.7. The van der Waals surface area contributed by atoms with Gasteiger partial charge in [-0.25, -0.2) is 9.78 Å². The Morgan fingerprint density at radius 2 is 2.23 bits per heavy atom. The summed E-state index contributed by atoms with van der Waals surface area (Å²) in [6.07, 6.45) is 5.87. The topological polar surface area (TPSA) is 65.5 Å². The van der Waals surface area contributed by atoms with Crippen LogP contribution in [0.4, 0.5) is 10.6 Å². The smallest absolute Gasteiger partial charge is 0.326 e. The van der Waals surface area contributed by atoms with E-state index < -0.39 is 6.04 Å². The van der Waals surface area contributed by atoms with E-state index in [9.17, 15) is 9.59 Å². The number of amides is 3. The molecular weight excluding hydrogens is 375 g/mol. The van der Waals surface area contributed by atoms with Crippen LogP contribution in [0.15, 0.2) is 41.1 Å². The number of carbonyl (C=O) groups excluding carboxylic acids is 2. The number of allylic oxidation sites excluding steroid dienone is 2. The molecule has 2 unspecified atom stereocenters. The van der Waals surface area contributed by atoms with Crippen molar-refractivity contribution in [2.75, 3.05) is 25.0 Å². The molecule has 0 aromatic carbocycles. The molecule has 1 saturated heterocycles. The first-order valence-corrected chi connectivity index (χ1v) is 9.13. The number of urea groups is 1. The first-order valence-electron chi connectivity index (χ1n) is 8.32. The molecule has 1 aliphatic heterocycles. The molecule has 0 saturated carbocycles. The van der Waals surface area contributed by atoms with Gasteiger partial charge < -0.3 is 10.2 Å². The minimum atomic E-state index is -0.586. The number of halogens is 2. The van der Waals surface area contributed by atoms with Crippen molar-refractivity contribution in [2.24, 2.45) is 0 Å². The summed E-state index contributed by atoms with van der Waals surface area (Å²) in [6, 6.07) is 2.87. The van der Waals surface area contributed by atoms with Crippen LogP contribution in [0.5, 0.6) is 0 Å². The van der Waals surface area contributed by atoms with Crippen LogP contribution in [0.1, 0.15) is 12.0 Å². The molecule has 1 N–H and O–H groups in total. The number of aromatic nitrogens is 1. The Morgan fingerprint density at radius 3 is 2.92 bits per heavy atom. The number of aryl methyl sites for hydroxylation is 1. The molecule has 2 heterocycles. The van der Waals surface area contributed by atoms with E-state index in [2.05, 4.69) is 10.3 Å². The second-order valence-electron chi connectivity index (χ2n) is 6.39. The Labute approximate surface area is 162 Å². The summed E-state index contributed by atoms with van der Waals surface area (Å²) in [5.74, 6) is 0.351. The second-order valence-corrected chi connectivity index (χ2v) is 7.41. The van der Waals surface area contributed by atoms with Crippen molar-refractivity contribution < 1.29 is 9.59 Å². The molecule has 2 aliphatic rings. The van der Waals surface area contributed by atoms with Crippen LogP contribution in [0.3, 0.4) is 0 Å². The minimum absolute atomic E-state index is 0.115. The molecule has 1 fully saturated rings. The largest absolute Gasteiger partial charge is 0.350 e. The highest BCUT2D eigenvalue weighted by Crippen LogP contribution is 2.26. The number of hydrogen-bond acceptors (Lipinski definition) is 3. The van der Waals surface area contributed by atoms with Gasteiger partial charge in [-0.3, -0.25) is 9.69 Å². The number of carbonyl (C=O) groups is 2. The molecule has 1 aliphatic carbocycles. The Balaban J connectivity index is 1.67. The van der Waals surface area contributed by atoms with Gasteiger partial charge in [0.1, 0.15) is 11.9 Å². The van der Waals surface area contributed by atoms with Crippen molar-refractivity contribution in [2.45, 2.75) is 24.8 Å². The Hall–Kier alpha value is -2.05. The summed E-state index contributed by atoms with van der Waals surface area (Å²) >= 11 is 12.2. The maximum atomic E-state index is 12.6. The van der Waals surface area contributed by atoms with Crippen molar-refractivity contribution in [3.05, 3.63) is 46.7 Å². The lowest BCUT2D eigenvalue weighted by atomic mass is 10.1. The zero-order chi connectivity index (χ0) is 18.8. The maximum absolute atomic E-state index is 12.6. The molecule has 1 aromatic rings. The fraction of sp³-hybridized carbons (Fsp3) is 0.389. The lowest BCUT2D eigenvalue weighted by Gasteiger charge is -2.19. The molecule has 2 atom stereocenters. The third-order valence-corrected chi connectivity index (χ3v) is 5.27.